The standard InChI is InChI=1S/C33H31FN2O6/c1-19-21(12-27(34)22-13-31(41-4)26(18-38)32(14-22)42-5)8-6-9-24(19)25-10-7-11-28(20(25)2)36-33(39)29-15-30(40-3)23(17-37)16-35-29/h6-17,38H,18H2,1-5H3,(H,36,39)/b27-12-. The zero-order valence-corrected chi connectivity index (χ0v) is 23.9. The van der Waals surface area contributed by atoms with E-state index in [4.69, 9.17) is 14.2 Å². The number of aldehydes is 1. The fourth-order valence-electron chi connectivity index (χ4n) is 4.69. The van der Waals surface area contributed by atoms with Crippen LogP contribution in [0, 0.1) is 13.8 Å². The molecule has 0 saturated heterocycles. The lowest BCUT2D eigenvalue weighted by atomic mass is 9.92. The van der Waals surface area contributed by atoms with Crippen LogP contribution in [0.3, 0.4) is 0 Å². The molecule has 0 fully saturated rings. The third kappa shape index (κ3) is 6.01. The summed E-state index contributed by atoms with van der Waals surface area (Å²) < 4.78 is 31.4. The van der Waals surface area contributed by atoms with E-state index in [1.165, 1.54) is 51.8 Å². The quantitative estimate of drug-likeness (QED) is 0.167. The van der Waals surface area contributed by atoms with Gasteiger partial charge < -0.3 is 24.6 Å². The molecule has 4 rings (SSSR count). The summed E-state index contributed by atoms with van der Waals surface area (Å²) >= 11 is 0. The predicted molar refractivity (Wildman–Crippen MR) is 160 cm³/mol. The zero-order chi connectivity index (χ0) is 30.4. The van der Waals surface area contributed by atoms with Gasteiger partial charge in [0.1, 0.15) is 28.8 Å². The fourth-order valence-corrected chi connectivity index (χ4v) is 4.69. The Morgan fingerprint density at radius 1 is 0.905 bits per heavy atom. The highest BCUT2D eigenvalue weighted by atomic mass is 19.1. The van der Waals surface area contributed by atoms with Crippen LogP contribution in [0.1, 0.15) is 48.7 Å². The third-order valence-corrected chi connectivity index (χ3v) is 7.05. The van der Waals surface area contributed by atoms with Crippen LogP contribution in [-0.2, 0) is 6.61 Å². The Morgan fingerprint density at radius 3 is 2.12 bits per heavy atom. The number of methoxy groups -OCH3 is 3. The molecule has 0 aliphatic rings. The average molecular weight is 571 g/mol. The Labute approximate surface area is 243 Å². The van der Waals surface area contributed by atoms with Gasteiger partial charge in [-0.3, -0.25) is 14.6 Å². The van der Waals surface area contributed by atoms with Gasteiger partial charge in [-0.25, -0.2) is 4.39 Å². The number of benzene rings is 3. The number of amides is 1. The molecule has 0 spiro atoms. The highest BCUT2D eigenvalue weighted by Gasteiger charge is 2.17. The maximum absolute atomic E-state index is 15.6. The van der Waals surface area contributed by atoms with E-state index in [0.29, 0.717) is 34.6 Å². The molecule has 0 bridgehead atoms. The van der Waals surface area contributed by atoms with Gasteiger partial charge in [-0.1, -0.05) is 30.3 Å². The predicted octanol–water partition coefficient (Wildman–Crippen LogP) is 6.42. The number of ether oxygens (including phenoxy) is 3. The van der Waals surface area contributed by atoms with Gasteiger partial charge in [0, 0.05) is 23.5 Å². The SMILES string of the molecule is COc1cc(C(=O)Nc2cccc(-c3cccc(/C=C(\F)c4cc(OC)c(CO)c(OC)c4)c3C)c2C)ncc1C=O. The zero-order valence-electron chi connectivity index (χ0n) is 23.9. The van der Waals surface area contributed by atoms with Crippen LogP contribution in [0.2, 0.25) is 0 Å². The van der Waals surface area contributed by atoms with Crippen molar-refractivity contribution in [2.45, 2.75) is 20.5 Å². The van der Waals surface area contributed by atoms with Gasteiger partial charge in [-0.15, -0.1) is 0 Å². The van der Waals surface area contributed by atoms with Crippen LogP contribution in [0.15, 0.2) is 60.8 Å². The van der Waals surface area contributed by atoms with E-state index in [-0.39, 0.29) is 29.2 Å². The van der Waals surface area contributed by atoms with E-state index >= 15 is 4.39 Å². The fraction of sp³-hybridized carbons (Fsp3) is 0.182. The minimum absolute atomic E-state index is 0.0984. The van der Waals surface area contributed by atoms with E-state index in [0.717, 1.165) is 22.3 Å². The lowest BCUT2D eigenvalue weighted by Gasteiger charge is -2.16. The number of nitrogens with one attached hydrogen (secondary N) is 1. The van der Waals surface area contributed by atoms with Crippen molar-refractivity contribution in [1.82, 2.24) is 4.98 Å². The highest BCUT2D eigenvalue weighted by Crippen LogP contribution is 2.36. The van der Waals surface area contributed by atoms with Crippen LogP contribution in [0.4, 0.5) is 10.1 Å². The van der Waals surface area contributed by atoms with Crippen molar-refractivity contribution in [3.05, 3.63) is 99.9 Å². The Hall–Kier alpha value is -5.02. The maximum atomic E-state index is 15.6. The van der Waals surface area contributed by atoms with E-state index in [9.17, 15) is 14.7 Å². The minimum atomic E-state index is -0.502. The summed E-state index contributed by atoms with van der Waals surface area (Å²) in [5.74, 6) is -0.0610. The molecule has 1 aromatic heterocycles. The lowest BCUT2D eigenvalue weighted by molar-refractivity contribution is 0.102. The number of aliphatic hydroxyl groups excluding tert-OH is 1. The van der Waals surface area contributed by atoms with Gasteiger partial charge in [0.2, 0.25) is 0 Å². The van der Waals surface area contributed by atoms with Crippen molar-refractivity contribution in [2.24, 2.45) is 0 Å². The number of aliphatic hydroxyl groups is 1. The lowest BCUT2D eigenvalue weighted by Crippen LogP contribution is -2.15. The topological polar surface area (TPSA) is 107 Å². The van der Waals surface area contributed by atoms with Crippen molar-refractivity contribution < 1.29 is 33.3 Å². The number of halogens is 1. The molecule has 42 heavy (non-hydrogen) atoms. The van der Waals surface area contributed by atoms with Crippen LogP contribution >= 0.6 is 0 Å². The summed E-state index contributed by atoms with van der Waals surface area (Å²) in [6.45, 7) is 3.48. The molecule has 0 saturated carbocycles. The van der Waals surface area contributed by atoms with Gasteiger partial charge in [0.05, 0.1) is 39.1 Å². The molecule has 1 amide bonds. The third-order valence-electron chi connectivity index (χ3n) is 7.05. The number of anilines is 1. The van der Waals surface area contributed by atoms with Gasteiger partial charge in [-0.05, 0) is 65.9 Å². The van der Waals surface area contributed by atoms with Gasteiger partial charge in [-0.2, -0.15) is 0 Å². The summed E-state index contributed by atoms with van der Waals surface area (Å²) in [4.78, 5) is 28.2. The molecular weight excluding hydrogens is 539 g/mol. The van der Waals surface area contributed by atoms with Gasteiger partial charge in [0.15, 0.2) is 6.29 Å². The van der Waals surface area contributed by atoms with Crippen molar-refractivity contribution in [2.75, 3.05) is 26.6 Å². The molecule has 3 aromatic carbocycles. The number of aromatic nitrogens is 1. The molecule has 9 heteroatoms. The molecule has 0 radical (unpaired) electrons. The second kappa shape index (κ2) is 13.1. The smallest absolute Gasteiger partial charge is 0.274 e. The molecule has 0 aliphatic carbocycles. The number of hydrogen-bond donors (Lipinski definition) is 2. The number of carbonyl (C=O) groups excluding carboxylic acids is 2. The summed E-state index contributed by atoms with van der Waals surface area (Å²) in [6.07, 6.45) is 3.34. The summed E-state index contributed by atoms with van der Waals surface area (Å²) in [7, 11) is 4.31. The number of pyridine rings is 1. The largest absolute Gasteiger partial charge is 0.496 e. The molecule has 8 nitrogen and oxygen atoms in total. The highest BCUT2D eigenvalue weighted by molar-refractivity contribution is 6.04. The molecule has 2 N–H and O–H groups in total. The molecule has 4 aromatic rings. The van der Waals surface area contributed by atoms with Gasteiger partial charge >= 0.3 is 0 Å². The second-order valence-corrected chi connectivity index (χ2v) is 9.39. The number of hydrogen-bond acceptors (Lipinski definition) is 7. The minimum Gasteiger partial charge on any atom is -0.496 e. The van der Waals surface area contributed by atoms with Crippen LogP contribution in [-0.4, -0.2) is 43.6 Å². The Bertz CT molecular complexity index is 1660. The Morgan fingerprint density at radius 2 is 1.52 bits per heavy atom. The first-order valence-corrected chi connectivity index (χ1v) is 13.0. The van der Waals surface area contributed by atoms with Crippen LogP contribution < -0.4 is 19.5 Å². The van der Waals surface area contributed by atoms with Crippen molar-refractivity contribution >= 4 is 29.8 Å². The van der Waals surface area contributed by atoms with Crippen LogP contribution in [0.5, 0.6) is 17.2 Å². The Balaban J connectivity index is 1.68. The van der Waals surface area contributed by atoms with E-state index < -0.39 is 11.7 Å². The van der Waals surface area contributed by atoms with Crippen molar-refractivity contribution in [1.29, 1.82) is 0 Å². The van der Waals surface area contributed by atoms with E-state index in [2.05, 4.69) is 10.3 Å². The first-order valence-electron chi connectivity index (χ1n) is 13.0. The normalized spacial score (nSPS) is 11.2. The van der Waals surface area contributed by atoms with E-state index in [1.807, 2.05) is 44.2 Å². The monoisotopic (exact) mass is 570 g/mol. The first kappa shape index (κ1) is 30.0. The maximum Gasteiger partial charge on any atom is 0.274 e. The number of nitrogens with zero attached hydrogens (tertiary/aromatic N) is 1. The molecule has 1 heterocycles. The molecule has 0 aliphatic heterocycles. The summed E-state index contributed by atoms with van der Waals surface area (Å²) in [5, 5.41) is 12.6. The van der Waals surface area contributed by atoms with Crippen LogP contribution in [0.25, 0.3) is 23.0 Å². The molecular formula is C33H31FN2O6. The number of rotatable bonds is 10. The van der Waals surface area contributed by atoms with Crippen molar-refractivity contribution in [3.63, 3.8) is 0 Å². The second-order valence-electron chi connectivity index (χ2n) is 9.39. The average Bonchev–Trinajstić information content (AvgIpc) is 3.01. The van der Waals surface area contributed by atoms with E-state index in [1.54, 1.807) is 6.07 Å². The molecule has 216 valence electrons. The molecule has 0 atom stereocenters. The molecule has 0 unspecified atom stereocenters. The van der Waals surface area contributed by atoms with Gasteiger partial charge in [0.25, 0.3) is 5.91 Å². The van der Waals surface area contributed by atoms with Crippen molar-refractivity contribution in [3.8, 4) is 28.4 Å². The number of carbonyl (C=O) groups is 2. The summed E-state index contributed by atoms with van der Waals surface area (Å²) in [5.41, 5.74) is 5.63. The first-order chi connectivity index (χ1) is 20.3. The summed E-state index contributed by atoms with van der Waals surface area (Å²) in [6, 6.07) is 15.6. The Kier molecular flexibility index (Phi) is 9.34.